The predicted octanol–water partition coefficient (Wildman–Crippen LogP) is -3.19. The fraction of sp³-hybridized carbons (Fsp3) is 0.524. The smallest absolute Gasteiger partial charge is 0.326 e. The molecule has 0 aliphatic rings. The summed E-state index contributed by atoms with van der Waals surface area (Å²) in [6.45, 7) is 0. The number of aromatic nitrogens is 2. The summed E-state index contributed by atoms with van der Waals surface area (Å²) in [5.74, 6) is -7.58. The highest BCUT2D eigenvalue weighted by Gasteiger charge is 2.31. The second-order valence-corrected chi connectivity index (χ2v) is 8.28. The average Bonchev–Trinajstić information content (AvgIpc) is 3.34. The van der Waals surface area contributed by atoms with Gasteiger partial charge in [0, 0.05) is 37.6 Å². The van der Waals surface area contributed by atoms with Gasteiger partial charge in [0.1, 0.15) is 18.1 Å². The molecule has 0 saturated carbocycles. The molecule has 1 aromatic heterocycles. The first-order valence-electron chi connectivity index (χ1n) is 11.4. The molecule has 0 aliphatic carbocycles. The first kappa shape index (κ1) is 31.5. The lowest BCUT2D eigenvalue weighted by Gasteiger charge is -2.25. The summed E-state index contributed by atoms with van der Waals surface area (Å²) >= 11 is 0. The zero-order chi connectivity index (χ0) is 28.8. The van der Waals surface area contributed by atoms with E-state index in [-0.39, 0.29) is 25.7 Å². The van der Waals surface area contributed by atoms with Crippen molar-refractivity contribution in [3.8, 4) is 0 Å². The predicted molar refractivity (Wildman–Crippen MR) is 126 cm³/mol. The Morgan fingerprint density at radius 1 is 0.789 bits per heavy atom. The summed E-state index contributed by atoms with van der Waals surface area (Å²) in [5.41, 5.74) is 11.3. The molecular formula is C21H31N7O10. The Kier molecular flexibility index (Phi) is 12.9. The maximum absolute atomic E-state index is 13.1. The second-order valence-electron chi connectivity index (χ2n) is 8.28. The van der Waals surface area contributed by atoms with Gasteiger partial charge in [-0.2, -0.15) is 0 Å². The minimum absolute atomic E-state index is 0.149. The van der Waals surface area contributed by atoms with Gasteiger partial charge in [-0.15, -0.1) is 0 Å². The molecular weight excluding hydrogens is 510 g/mol. The summed E-state index contributed by atoms with van der Waals surface area (Å²) < 4.78 is 0. The summed E-state index contributed by atoms with van der Waals surface area (Å²) in [5, 5.41) is 33.7. The molecule has 0 aliphatic heterocycles. The number of carbonyl (C=O) groups is 7. The molecule has 4 unspecified atom stereocenters. The van der Waals surface area contributed by atoms with Crippen molar-refractivity contribution < 1.29 is 48.9 Å². The Hall–Kier alpha value is -4.54. The van der Waals surface area contributed by atoms with Crippen molar-refractivity contribution in [2.45, 2.75) is 69.1 Å². The third kappa shape index (κ3) is 11.9. The van der Waals surface area contributed by atoms with Crippen LogP contribution >= 0.6 is 0 Å². The number of rotatable bonds is 18. The van der Waals surface area contributed by atoms with Crippen molar-refractivity contribution in [2.75, 3.05) is 0 Å². The molecule has 0 spiro atoms. The van der Waals surface area contributed by atoms with E-state index in [9.17, 15) is 38.7 Å². The van der Waals surface area contributed by atoms with E-state index in [2.05, 4.69) is 25.9 Å². The van der Waals surface area contributed by atoms with Crippen LogP contribution in [0.15, 0.2) is 12.5 Å². The van der Waals surface area contributed by atoms with Crippen molar-refractivity contribution in [1.29, 1.82) is 0 Å². The van der Waals surface area contributed by atoms with Crippen molar-refractivity contribution in [2.24, 2.45) is 11.5 Å². The molecule has 0 aromatic carbocycles. The Bertz CT molecular complexity index is 1010. The quantitative estimate of drug-likeness (QED) is 0.0888. The van der Waals surface area contributed by atoms with Crippen LogP contribution in [0.5, 0.6) is 0 Å². The van der Waals surface area contributed by atoms with E-state index in [1.54, 1.807) is 0 Å². The lowest BCUT2D eigenvalue weighted by Crippen LogP contribution is -2.57. The van der Waals surface area contributed by atoms with Gasteiger partial charge >= 0.3 is 17.9 Å². The molecule has 11 N–H and O–H groups in total. The van der Waals surface area contributed by atoms with Crippen LogP contribution in [0.2, 0.25) is 0 Å². The third-order valence-electron chi connectivity index (χ3n) is 5.19. The van der Waals surface area contributed by atoms with Crippen LogP contribution in [-0.4, -0.2) is 91.0 Å². The number of nitrogens with two attached hydrogens (primary N) is 2. The number of amides is 4. The van der Waals surface area contributed by atoms with Crippen molar-refractivity contribution in [3.05, 3.63) is 18.2 Å². The van der Waals surface area contributed by atoms with Gasteiger partial charge in [-0.1, -0.05) is 0 Å². The van der Waals surface area contributed by atoms with Crippen LogP contribution < -0.4 is 27.4 Å². The monoisotopic (exact) mass is 541 g/mol. The van der Waals surface area contributed by atoms with E-state index in [1.807, 2.05) is 0 Å². The number of H-pyrrole nitrogens is 1. The minimum Gasteiger partial charge on any atom is -0.481 e. The maximum Gasteiger partial charge on any atom is 0.326 e. The number of hydrogen-bond donors (Lipinski definition) is 9. The molecule has 0 saturated heterocycles. The zero-order valence-corrected chi connectivity index (χ0v) is 20.2. The van der Waals surface area contributed by atoms with Crippen molar-refractivity contribution in [3.63, 3.8) is 0 Å². The first-order valence-corrected chi connectivity index (χ1v) is 11.4. The van der Waals surface area contributed by atoms with Crippen LogP contribution in [0.1, 0.15) is 44.2 Å². The summed E-state index contributed by atoms with van der Waals surface area (Å²) in [6.07, 6.45) is 0.221. The van der Waals surface area contributed by atoms with Crippen molar-refractivity contribution in [1.82, 2.24) is 25.9 Å². The van der Waals surface area contributed by atoms with E-state index in [4.69, 9.17) is 21.7 Å². The van der Waals surface area contributed by atoms with Crippen LogP contribution in [0.25, 0.3) is 0 Å². The topological polar surface area (TPSA) is 297 Å². The Balaban J connectivity index is 3.07. The van der Waals surface area contributed by atoms with Gasteiger partial charge in [-0.3, -0.25) is 28.8 Å². The number of nitrogens with one attached hydrogen (secondary N) is 4. The molecule has 4 atom stereocenters. The van der Waals surface area contributed by atoms with Crippen LogP contribution in [0, 0.1) is 0 Å². The molecule has 38 heavy (non-hydrogen) atoms. The molecule has 1 rings (SSSR count). The number of imidazole rings is 1. The average molecular weight is 542 g/mol. The van der Waals surface area contributed by atoms with Crippen molar-refractivity contribution >= 4 is 41.5 Å². The highest BCUT2D eigenvalue weighted by molar-refractivity contribution is 5.94. The molecule has 0 fully saturated rings. The zero-order valence-electron chi connectivity index (χ0n) is 20.2. The summed E-state index contributed by atoms with van der Waals surface area (Å²) in [6, 6.07) is -5.68. The Morgan fingerprint density at radius 3 is 1.84 bits per heavy atom. The Labute approximate surface area is 215 Å². The SMILES string of the molecule is NC(=O)CCC(NC(=O)C(Cc1cnc[nH]1)NC(=O)C(N)CCC(=O)O)C(=O)NC(CCC(=O)O)C(=O)O. The molecule has 0 radical (unpaired) electrons. The fourth-order valence-corrected chi connectivity index (χ4v) is 3.14. The highest BCUT2D eigenvalue weighted by atomic mass is 16.4. The van der Waals surface area contributed by atoms with E-state index in [1.165, 1.54) is 12.5 Å². The van der Waals surface area contributed by atoms with Gasteiger partial charge < -0.3 is 47.7 Å². The van der Waals surface area contributed by atoms with Crippen LogP contribution in [0.4, 0.5) is 0 Å². The number of hydrogen-bond acceptors (Lipinski definition) is 9. The number of primary amides is 1. The number of aliphatic carboxylic acids is 3. The molecule has 210 valence electrons. The maximum atomic E-state index is 13.1. The molecule has 17 nitrogen and oxygen atoms in total. The van der Waals surface area contributed by atoms with Gasteiger partial charge in [0.2, 0.25) is 23.6 Å². The molecule has 1 heterocycles. The van der Waals surface area contributed by atoms with Gasteiger partial charge in [0.15, 0.2) is 0 Å². The molecule has 17 heteroatoms. The van der Waals surface area contributed by atoms with E-state index in [0.29, 0.717) is 5.69 Å². The van der Waals surface area contributed by atoms with Gasteiger partial charge in [-0.25, -0.2) is 9.78 Å². The normalized spacial score (nSPS) is 13.8. The highest BCUT2D eigenvalue weighted by Crippen LogP contribution is 2.06. The summed E-state index contributed by atoms with van der Waals surface area (Å²) in [4.78, 5) is 89.2. The third-order valence-corrected chi connectivity index (χ3v) is 5.19. The number of nitrogens with zero attached hydrogens (tertiary/aromatic N) is 1. The largest absolute Gasteiger partial charge is 0.481 e. The second kappa shape index (κ2) is 15.5. The molecule has 1 aromatic rings. The fourth-order valence-electron chi connectivity index (χ4n) is 3.14. The van der Waals surface area contributed by atoms with E-state index >= 15 is 0 Å². The first-order chi connectivity index (χ1) is 17.8. The number of carboxylic acid groups (broad SMARTS) is 3. The summed E-state index contributed by atoms with van der Waals surface area (Å²) in [7, 11) is 0. The van der Waals surface area contributed by atoms with Crippen LogP contribution in [0.3, 0.4) is 0 Å². The van der Waals surface area contributed by atoms with Gasteiger partial charge in [-0.05, 0) is 19.3 Å². The van der Waals surface area contributed by atoms with Crippen LogP contribution in [-0.2, 0) is 40.0 Å². The standard InChI is InChI=1S/C21H31N7O10/c22-11(1-5-16(30)31)18(34)28-14(7-10-8-24-9-25-10)20(36)26-12(2-4-15(23)29)19(35)27-13(21(37)38)3-6-17(32)33/h8-9,11-14H,1-7,22H2,(H2,23,29)(H,24,25)(H,26,36)(H,27,35)(H,28,34)(H,30,31)(H,32,33)(H,37,38). The lowest BCUT2D eigenvalue weighted by atomic mass is 10.1. The van der Waals surface area contributed by atoms with Gasteiger partial charge in [0.05, 0.1) is 12.4 Å². The van der Waals surface area contributed by atoms with Gasteiger partial charge in [0.25, 0.3) is 0 Å². The number of aromatic amines is 1. The lowest BCUT2D eigenvalue weighted by molar-refractivity contribution is -0.143. The number of carboxylic acids is 3. The number of carbonyl (C=O) groups excluding carboxylic acids is 4. The molecule has 4 amide bonds. The molecule has 0 bridgehead atoms. The van der Waals surface area contributed by atoms with E-state index < -0.39 is 85.0 Å². The minimum atomic E-state index is -1.60. The van der Waals surface area contributed by atoms with E-state index in [0.717, 1.165) is 0 Å². The Morgan fingerprint density at radius 2 is 1.32 bits per heavy atom.